The first-order valence-electron chi connectivity index (χ1n) is 8.36. The molecule has 0 radical (unpaired) electrons. The van der Waals surface area contributed by atoms with Crippen molar-refractivity contribution in [3.63, 3.8) is 0 Å². The largest absolute Gasteiger partial charge is 0.508 e. The van der Waals surface area contributed by atoms with Gasteiger partial charge in [0.05, 0.1) is 21.7 Å². The number of benzene rings is 2. The number of carbonyl (C=O) groups excluding carboxylic acids is 1. The van der Waals surface area contributed by atoms with Gasteiger partial charge in [0.2, 0.25) is 0 Å². The van der Waals surface area contributed by atoms with Crippen molar-refractivity contribution in [3.8, 4) is 5.75 Å². The summed E-state index contributed by atoms with van der Waals surface area (Å²) in [6, 6.07) is 9.59. The van der Waals surface area contributed by atoms with Crippen molar-refractivity contribution < 1.29 is 19.8 Å². The molecule has 1 atom stereocenters. The quantitative estimate of drug-likeness (QED) is 0.683. The Labute approximate surface area is 166 Å². The Morgan fingerprint density at radius 2 is 1.70 bits per heavy atom. The summed E-state index contributed by atoms with van der Waals surface area (Å²) in [7, 11) is 0. The second kappa shape index (κ2) is 8.17. The van der Waals surface area contributed by atoms with Crippen molar-refractivity contribution in [3.05, 3.63) is 63.6 Å². The van der Waals surface area contributed by atoms with Gasteiger partial charge in [-0.1, -0.05) is 41.4 Å². The number of amides is 1. The maximum Gasteiger partial charge on any atom is 0.326 e. The molecule has 1 heterocycles. The van der Waals surface area contributed by atoms with E-state index >= 15 is 0 Å². The summed E-state index contributed by atoms with van der Waals surface area (Å²) in [5, 5.41) is 22.7. The van der Waals surface area contributed by atoms with Crippen LogP contribution in [0.1, 0.15) is 15.9 Å². The Morgan fingerprint density at radius 3 is 2.19 bits per heavy atom. The van der Waals surface area contributed by atoms with E-state index in [9.17, 15) is 19.8 Å². The van der Waals surface area contributed by atoms with Gasteiger partial charge in [-0.15, -0.1) is 0 Å². The fourth-order valence-electron chi connectivity index (χ4n) is 3.02. The number of rotatable bonds is 6. The van der Waals surface area contributed by atoms with E-state index in [0.717, 1.165) is 0 Å². The predicted molar refractivity (Wildman–Crippen MR) is 103 cm³/mol. The SMILES string of the molecule is O=C(O)[C@H](Cc1ccc(O)cc1)N(C(=O)c1c(Cl)cccc1Cl)C1CNC1. The number of aliphatic carboxylic acids is 1. The van der Waals surface area contributed by atoms with Crippen LogP contribution in [0.2, 0.25) is 10.0 Å². The van der Waals surface area contributed by atoms with Gasteiger partial charge in [-0.3, -0.25) is 4.79 Å². The zero-order chi connectivity index (χ0) is 19.6. The summed E-state index contributed by atoms with van der Waals surface area (Å²) in [5.41, 5.74) is 0.792. The highest BCUT2D eigenvalue weighted by Gasteiger charge is 2.39. The summed E-state index contributed by atoms with van der Waals surface area (Å²) in [6.45, 7) is 0.986. The number of phenolic OH excluding ortho intramolecular Hbond substituents is 1. The molecule has 0 aromatic heterocycles. The van der Waals surface area contributed by atoms with Crippen LogP contribution in [0.15, 0.2) is 42.5 Å². The van der Waals surface area contributed by atoms with Gasteiger partial charge in [-0.25, -0.2) is 4.79 Å². The molecule has 0 unspecified atom stereocenters. The molecule has 3 rings (SSSR count). The van der Waals surface area contributed by atoms with E-state index in [1.807, 2.05) is 0 Å². The van der Waals surface area contributed by atoms with E-state index in [1.54, 1.807) is 30.3 Å². The smallest absolute Gasteiger partial charge is 0.326 e. The number of hydrogen-bond acceptors (Lipinski definition) is 4. The van der Waals surface area contributed by atoms with Gasteiger partial charge in [-0.2, -0.15) is 0 Å². The zero-order valence-corrected chi connectivity index (χ0v) is 15.7. The molecule has 142 valence electrons. The fourth-order valence-corrected chi connectivity index (χ4v) is 3.58. The minimum atomic E-state index is -1.12. The molecule has 2 aromatic rings. The standard InChI is InChI=1S/C19H18Cl2N2O4/c20-14-2-1-3-15(21)17(14)18(25)23(12-9-22-10-12)16(19(26)27)8-11-4-6-13(24)7-5-11/h1-7,12,16,22,24H,8-10H2,(H,26,27)/t16-/m0/s1. The topological polar surface area (TPSA) is 89.9 Å². The lowest BCUT2D eigenvalue weighted by Gasteiger charge is -2.41. The molecule has 0 bridgehead atoms. The van der Waals surface area contributed by atoms with Crippen LogP contribution in [0.4, 0.5) is 0 Å². The molecule has 1 amide bonds. The van der Waals surface area contributed by atoms with Crippen LogP contribution in [0, 0.1) is 0 Å². The Balaban J connectivity index is 1.97. The average molecular weight is 409 g/mol. The number of hydrogen-bond donors (Lipinski definition) is 3. The molecule has 6 nitrogen and oxygen atoms in total. The molecule has 8 heteroatoms. The summed E-state index contributed by atoms with van der Waals surface area (Å²) < 4.78 is 0. The van der Waals surface area contributed by atoms with Crippen LogP contribution in [0.25, 0.3) is 0 Å². The minimum absolute atomic E-state index is 0.0876. The molecule has 0 saturated carbocycles. The average Bonchev–Trinajstić information content (AvgIpc) is 2.57. The first-order chi connectivity index (χ1) is 12.9. The van der Waals surface area contributed by atoms with Crippen LogP contribution in [0.5, 0.6) is 5.75 Å². The number of halogens is 2. The number of aromatic hydroxyl groups is 1. The fraction of sp³-hybridized carbons (Fsp3) is 0.263. The molecular formula is C19H18Cl2N2O4. The van der Waals surface area contributed by atoms with Crippen molar-refractivity contribution in [2.24, 2.45) is 0 Å². The summed E-state index contributed by atoms with van der Waals surface area (Å²) in [4.78, 5) is 26.6. The van der Waals surface area contributed by atoms with Gasteiger partial charge < -0.3 is 20.4 Å². The molecule has 3 N–H and O–H groups in total. The Morgan fingerprint density at radius 1 is 1.11 bits per heavy atom. The molecule has 1 aliphatic rings. The maximum atomic E-state index is 13.2. The van der Waals surface area contributed by atoms with Gasteiger partial charge in [-0.05, 0) is 29.8 Å². The highest BCUT2D eigenvalue weighted by molar-refractivity contribution is 6.39. The van der Waals surface area contributed by atoms with Gasteiger partial charge >= 0.3 is 5.97 Å². The monoisotopic (exact) mass is 408 g/mol. The van der Waals surface area contributed by atoms with Gasteiger partial charge in [0.1, 0.15) is 11.8 Å². The second-order valence-electron chi connectivity index (χ2n) is 6.35. The number of nitrogens with one attached hydrogen (secondary N) is 1. The van der Waals surface area contributed by atoms with E-state index in [0.29, 0.717) is 18.7 Å². The molecule has 1 saturated heterocycles. The maximum absolute atomic E-state index is 13.2. The van der Waals surface area contributed by atoms with Crippen LogP contribution in [-0.4, -0.2) is 52.2 Å². The lowest BCUT2D eigenvalue weighted by Crippen LogP contribution is -2.63. The van der Waals surface area contributed by atoms with Crippen molar-refractivity contribution >= 4 is 35.1 Å². The molecule has 0 spiro atoms. The van der Waals surface area contributed by atoms with Gasteiger partial charge in [0.15, 0.2) is 0 Å². The Hall–Kier alpha value is -2.28. The molecule has 0 aliphatic carbocycles. The van der Waals surface area contributed by atoms with Crippen molar-refractivity contribution in [2.75, 3.05) is 13.1 Å². The summed E-state index contributed by atoms with van der Waals surface area (Å²) in [6.07, 6.45) is 0.0971. The molecular weight excluding hydrogens is 391 g/mol. The predicted octanol–water partition coefficient (Wildman–Crippen LogP) is 2.81. The van der Waals surface area contributed by atoms with E-state index in [1.165, 1.54) is 17.0 Å². The van der Waals surface area contributed by atoms with E-state index < -0.39 is 17.9 Å². The third kappa shape index (κ3) is 4.18. The lowest BCUT2D eigenvalue weighted by molar-refractivity contribution is -0.143. The minimum Gasteiger partial charge on any atom is -0.508 e. The first kappa shape index (κ1) is 19.5. The highest BCUT2D eigenvalue weighted by atomic mass is 35.5. The number of carboxylic acid groups (broad SMARTS) is 1. The van der Waals surface area contributed by atoms with Crippen molar-refractivity contribution in [2.45, 2.75) is 18.5 Å². The lowest BCUT2D eigenvalue weighted by atomic mass is 9.99. The van der Waals surface area contributed by atoms with Crippen LogP contribution in [0.3, 0.4) is 0 Å². The highest BCUT2D eigenvalue weighted by Crippen LogP contribution is 2.28. The van der Waals surface area contributed by atoms with Crippen molar-refractivity contribution in [1.82, 2.24) is 10.2 Å². The van der Waals surface area contributed by atoms with E-state index in [4.69, 9.17) is 23.2 Å². The van der Waals surface area contributed by atoms with E-state index in [-0.39, 0.29) is 33.8 Å². The van der Waals surface area contributed by atoms with Gasteiger partial charge in [0.25, 0.3) is 5.91 Å². The normalized spacial score (nSPS) is 15.0. The van der Waals surface area contributed by atoms with Crippen LogP contribution in [-0.2, 0) is 11.2 Å². The number of phenols is 1. The molecule has 2 aromatic carbocycles. The Kier molecular flexibility index (Phi) is 5.89. The summed E-state index contributed by atoms with van der Waals surface area (Å²) >= 11 is 12.3. The van der Waals surface area contributed by atoms with Crippen molar-refractivity contribution in [1.29, 1.82) is 0 Å². The van der Waals surface area contributed by atoms with Crippen LogP contribution >= 0.6 is 23.2 Å². The Bertz CT molecular complexity index is 833. The zero-order valence-electron chi connectivity index (χ0n) is 14.2. The number of carboxylic acids is 1. The molecule has 27 heavy (non-hydrogen) atoms. The molecule has 1 fully saturated rings. The summed E-state index contributed by atoms with van der Waals surface area (Å²) in [5.74, 6) is -1.54. The third-order valence-electron chi connectivity index (χ3n) is 4.55. The number of carbonyl (C=O) groups is 2. The van der Waals surface area contributed by atoms with Gasteiger partial charge in [0, 0.05) is 19.5 Å². The first-order valence-corrected chi connectivity index (χ1v) is 9.12. The second-order valence-corrected chi connectivity index (χ2v) is 7.16. The number of nitrogens with zero attached hydrogens (tertiary/aromatic N) is 1. The van der Waals surface area contributed by atoms with E-state index in [2.05, 4.69) is 5.32 Å². The molecule has 1 aliphatic heterocycles. The third-order valence-corrected chi connectivity index (χ3v) is 5.18. The van der Waals surface area contributed by atoms with Crippen LogP contribution < -0.4 is 5.32 Å².